The Hall–Kier alpha value is -1.04. The summed E-state index contributed by atoms with van der Waals surface area (Å²) >= 11 is 1.67. The molecule has 0 spiro atoms. The molecular weight excluding hydrogens is 272 g/mol. The third-order valence-corrected chi connectivity index (χ3v) is 3.80. The Bertz CT molecular complexity index is 482. The molecule has 0 radical (unpaired) electrons. The average Bonchev–Trinajstić information content (AvgIpc) is 2.84. The van der Waals surface area contributed by atoms with Gasteiger partial charge in [-0.1, -0.05) is 30.8 Å². The van der Waals surface area contributed by atoms with Gasteiger partial charge in [-0.3, -0.25) is 0 Å². The molecule has 110 valence electrons. The SMILES string of the molecule is CCOCCCNCC(C)Sc1nc2ccccc2o1. The number of para-hydroxylation sites is 2. The largest absolute Gasteiger partial charge is 0.431 e. The Morgan fingerprint density at radius 2 is 2.25 bits per heavy atom. The van der Waals surface area contributed by atoms with Gasteiger partial charge in [-0.15, -0.1) is 0 Å². The molecule has 0 fully saturated rings. The number of fused-ring (bicyclic) bond motifs is 1. The van der Waals surface area contributed by atoms with Gasteiger partial charge < -0.3 is 14.5 Å². The Kier molecular flexibility index (Phi) is 6.36. The lowest BCUT2D eigenvalue weighted by atomic mass is 10.3. The van der Waals surface area contributed by atoms with Crippen molar-refractivity contribution in [2.24, 2.45) is 0 Å². The molecule has 0 aliphatic carbocycles. The third kappa shape index (κ3) is 4.81. The van der Waals surface area contributed by atoms with Crippen molar-refractivity contribution in [3.8, 4) is 0 Å². The second-order valence-corrected chi connectivity index (χ2v) is 6.02. The lowest BCUT2D eigenvalue weighted by Crippen LogP contribution is -2.24. The molecule has 1 aromatic heterocycles. The van der Waals surface area contributed by atoms with Crippen LogP contribution in [-0.4, -0.2) is 36.5 Å². The predicted molar refractivity (Wildman–Crippen MR) is 83.3 cm³/mol. The number of nitrogens with zero attached hydrogens (tertiary/aromatic N) is 1. The van der Waals surface area contributed by atoms with Gasteiger partial charge in [0.1, 0.15) is 5.52 Å². The van der Waals surface area contributed by atoms with Crippen LogP contribution in [0.2, 0.25) is 0 Å². The molecule has 1 N–H and O–H groups in total. The molecule has 1 unspecified atom stereocenters. The maximum absolute atomic E-state index is 5.70. The second-order valence-electron chi connectivity index (χ2n) is 4.63. The number of nitrogens with one attached hydrogen (secondary N) is 1. The zero-order chi connectivity index (χ0) is 14.2. The van der Waals surface area contributed by atoms with Gasteiger partial charge in [-0.05, 0) is 32.0 Å². The molecule has 0 saturated heterocycles. The van der Waals surface area contributed by atoms with E-state index in [1.807, 2.05) is 31.2 Å². The van der Waals surface area contributed by atoms with Crippen LogP contribution in [0.4, 0.5) is 0 Å². The van der Waals surface area contributed by atoms with Gasteiger partial charge in [0.25, 0.3) is 5.22 Å². The van der Waals surface area contributed by atoms with Crippen LogP contribution < -0.4 is 5.32 Å². The highest BCUT2D eigenvalue weighted by atomic mass is 32.2. The molecule has 0 bridgehead atoms. The number of hydrogen-bond donors (Lipinski definition) is 1. The van der Waals surface area contributed by atoms with E-state index in [1.165, 1.54) is 0 Å². The Labute approximate surface area is 124 Å². The smallest absolute Gasteiger partial charge is 0.257 e. The maximum atomic E-state index is 5.70. The number of oxazole rings is 1. The van der Waals surface area contributed by atoms with Gasteiger partial charge in [0.15, 0.2) is 5.58 Å². The highest BCUT2D eigenvalue weighted by Crippen LogP contribution is 2.26. The van der Waals surface area contributed by atoms with Crippen molar-refractivity contribution < 1.29 is 9.15 Å². The molecule has 1 aromatic carbocycles. The van der Waals surface area contributed by atoms with Crippen LogP contribution in [0.25, 0.3) is 11.1 Å². The van der Waals surface area contributed by atoms with E-state index in [4.69, 9.17) is 9.15 Å². The summed E-state index contributed by atoms with van der Waals surface area (Å²) in [5.41, 5.74) is 1.78. The minimum atomic E-state index is 0.426. The number of rotatable bonds is 9. The van der Waals surface area contributed by atoms with Crippen LogP contribution in [0.1, 0.15) is 20.3 Å². The number of ether oxygens (including phenoxy) is 1. The first kappa shape index (κ1) is 15.4. The van der Waals surface area contributed by atoms with Crippen LogP contribution in [0.15, 0.2) is 33.9 Å². The standard InChI is InChI=1S/C15H22N2O2S/c1-3-18-10-6-9-16-11-12(2)20-15-17-13-7-4-5-8-14(13)19-15/h4-5,7-8,12,16H,3,6,9-11H2,1-2H3. The van der Waals surface area contributed by atoms with Crippen molar-refractivity contribution in [2.75, 3.05) is 26.3 Å². The summed E-state index contributed by atoms with van der Waals surface area (Å²) in [6, 6.07) is 7.86. The molecular formula is C15H22N2O2S. The van der Waals surface area contributed by atoms with Crippen molar-refractivity contribution in [3.63, 3.8) is 0 Å². The fraction of sp³-hybridized carbons (Fsp3) is 0.533. The average molecular weight is 294 g/mol. The van der Waals surface area contributed by atoms with Gasteiger partial charge in [0.05, 0.1) is 0 Å². The Morgan fingerprint density at radius 1 is 1.40 bits per heavy atom. The number of benzene rings is 1. The number of aromatic nitrogens is 1. The molecule has 1 atom stereocenters. The topological polar surface area (TPSA) is 47.3 Å². The van der Waals surface area contributed by atoms with Gasteiger partial charge in [0.2, 0.25) is 0 Å². The molecule has 5 heteroatoms. The summed E-state index contributed by atoms with van der Waals surface area (Å²) in [4.78, 5) is 4.47. The van der Waals surface area contributed by atoms with Gasteiger partial charge in [0, 0.05) is 25.0 Å². The molecule has 0 saturated carbocycles. The van der Waals surface area contributed by atoms with Crippen molar-refractivity contribution in [3.05, 3.63) is 24.3 Å². The molecule has 0 amide bonds. The third-order valence-electron chi connectivity index (χ3n) is 2.85. The monoisotopic (exact) mass is 294 g/mol. The van der Waals surface area contributed by atoms with Crippen LogP contribution >= 0.6 is 11.8 Å². The van der Waals surface area contributed by atoms with Crippen molar-refractivity contribution in [2.45, 2.75) is 30.7 Å². The highest BCUT2D eigenvalue weighted by Gasteiger charge is 2.10. The van der Waals surface area contributed by atoms with E-state index in [2.05, 4.69) is 17.2 Å². The maximum Gasteiger partial charge on any atom is 0.257 e. The van der Waals surface area contributed by atoms with Crippen LogP contribution in [0.5, 0.6) is 0 Å². The van der Waals surface area contributed by atoms with Crippen molar-refractivity contribution in [1.29, 1.82) is 0 Å². The Morgan fingerprint density at radius 3 is 3.05 bits per heavy atom. The molecule has 2 rings (SSSR count). The zero-order valence-electron chi connectivity index (χ0n) is 12.1. The van der Waals surface area contributed by atoms with Gasteiger partial charge >= 0.3 is 0 Å². The summed E-state index contributed by atoms with van der Waals surface area (Å²) in [7, 11) is 0. The van der Waals surface area contributed by atoms with Crippen molar-refractivity contribution >= 4 is 22.9 Å². The van der Waals surface area contributed by atoms with Crippen LogP contribution in [0, 0.1) is 0 Å². The minimum Gasteiger partial charge on any atom is -0.431 e. The number of thioether (sulfide) groups is 1. The quantitative estimate of drug-likeness (QED) is 0.568. The highest BCUT2D eigenvalue weighted by molar-refractivity contribution is 7.99. The molecule has 0 aliphatic heterocycles. The summed E-state index contributed by atoms with van der Waals surface area (Å²) in [5.74, 6) is 0. The van der Waals surface area contributed by atoms with Crippen LogP contribution in [-0.2, 0) is 4.74 Å². The molecule has 0 aliphatic rings. The van der Waals surface area contributed by atoms with Crippen molar-refractivity contribution in [1.82, 2.24) is 10.3 Å². The minimum absolute atomic E-state index is 0.426. The lowest BCUT2D eigenvalue weighted by Gasteiger charge is -2.10. The zero-order valence-corrected chi connectivity index (χ0v) is 12.9. The predicted octanol–water partition coefficient (Wildman–Crippen LogP) is 3.32. The van der Waals surface area contributed by atoms with Gasteiger partial charge in [-0.25, -0.2) is 4.98 Å². The fourth-order valence-corrected chi connectivity index (χ4v) is 2.70. The summed E-state index contributed by atoms with van der Waals surface area (Å²) in [6.45, 7) is 7.75. The first-order chi connectivity index (χ1) is 9.79. The van der Waals surface area contributed by atoms with Gasteiger partial charge in [-0.2, -0.15) is 0 Å². The molecule has 1 heterocycles. The normalized spacial score (nSPS) is 12.9. The number of hydrogen-bond acceptors (Lipinski definition) is 5. The Balaban J connectivity index is 1.70. The first-order valence-corrected chi connectivity index (χ1v) is 7.98. The van der Waals surface area contributed by atoms with E-state index >= 15 is 0 Å². The van der Waals surface area contributed by atoms with E-state index < -0.39 is 0 Å². The fourth-order valence-electron chi connectivity index (χ4n) is 1.86. The van der Waals surface area contributed by atoms with E-state index in [0.29, 0.717) is 5.25 Å². The van der Waals surface area contributed by atoms with E-state index in [9.17, 15) is 0 Å². The van der Waals surface area contributed by atoms with E-state index in [-0.39, 0.29) is 0 Å². The summed E-state index contributed by atoms with van der Waals surface area (Å²) < 4.78 is 11.0. The molecule has 20 heavy (non-hydrogen) atoms. The second kappa shape index (κ2) is 8.29. The van der Waals surface area contributed by atoms with Crippen LogP contribution in [0.3, 0.4) is 0 Å². The molecule has 4 nitrogen and oxygen atoms in total. The summed E-state index contributed by atoms with van der Waals surface area (Å²) in [6.07, 6.45) is 1.05. The lowest BCUT2D eigenvalue weighted by molar-refractivity contribution is 0.145. The van der Waals surface area contributed by atoms with E-state index in [1.54, 1.807) is 11.8 Å². The van der Waals surface area contributed by atoms with E-state index in [0.717, 1.165) is 49.0 Å². The first-order valence-electron chi connectivity index (χ1n) is 7.10. The molecule has 2 aromatic rings. The summed E-state index contributed by atoms with van der Waals surface area (Å²) in [5, 5.41) is 4.60.